The number of fused-ring (bicyclic) bond motifs is 2. The monoisotopic (exact) mass is 400 g/mol. The molecule has 0 spiro atoms. The van der Waals surface area contributed by atoms with Crippen LogP contribution in [0.1, 0.15) is 38.1 Å². The minimum absolute atomic E-state index is 0.0369. The van der Waals surface area contributed by atoms with E-state index in [0.29, 0.717) is 6.04 Å². The lowest BCUT2D eigenvalue weighted by Gasteiger charge is -2.27. The molecule has 4 rings (SSSR count). The van der Waals surface area contributed by atoms with Crippen LogP contribution in [0.5, 0.6) is 0 Å². The topological polar surface area (TPSA) is 46.4 Å². The number of hydrogen-bond acceptors (Lipinski definition) is 4. The number of amides is 1. The number of carbonyl (C=O) groups is 1. The number of anilines is 1. The highest BCUT2D eigenvalue weighted by atomic mass is 32.1. The molecule has 27 heavy (non-hydrogen) atoms. The first-order valence-electron chi connectivity index (χ1n) is 9.60. The first kappa shape index (κ1) is 18.6. The second-order valence-electron chi connectivity index (χ2n) is 7.83. The normalized spacial score (nSPS) is 16.9. The van der Waals surface area contributed by atoms with Crippen LogP contribution in [0, 0.1) is 5.92 Å². The maximum atomic E-state index is 12.4. The van der Waals surface area contributed by atoms with E-state index in [1.54, 1.807) is 27.6 Å². The van der Waals surface area contributed by atoms with E-state index in [1.165, 1.54) is 15.1 Å². The van der Waals surface area contributed by atoms with Crippen LogP contribution in [0.3, 0.4) is 0 Å². The zero-order valence-electron chi connectivity index (χ0n) is 16.3. The molecule has 4 nitrogen and oxygen atoms in total. The Balaban J connectivity index is 1.81. The van der Waals surface area contributed by atoms with E-state index in [0.717, 1.165) is 40.6 Å². The average Bonchev–Trinajstić information content (AvgIpc) is 3.20. The van der Waals surface area contributed by atoms with Gasteiger partial charge < -0.3 is 10.2 Å². The van der Waals surface area contributed by atoms with Gasteiger partial charge in [-0.3, -0.25) is 4.79 Å². The predicted octanol–water partition coefficient (Wildman–Crippen LogP) is 3.97. The molecule has 1 aliphatic rings. The van der Waals surface area contributed by atoms with Gasteiger partial charge in [-0.25, -0.2) is 4.98 Å². The van der Waals surface area contributed by atoms with Crippen LogP contribution in [-0.2, 0) is 17.8 Å². The molecule has 1 aromatic carbocycles. The van der Waals surface area contributed by atoms with E-state index in [2.05, 4.69) is 37.4 Å². The van der Waals surface area contributed by atoms with Crippen molar-refractivity contribution in [1.82, 2.24) is 4.98 Å². The Morgan fingerprint density at radius 3 is 2.67 bits per heavy atom. The molecule has 142 valence electrons. The molecular weight excluding hydrogens is 374 g/mol. The van der Waals surface area contributed by atoms with Gasteiger partial charge in [0.2, 0.25) is 5.91 Å². The number of quaternary nitrogens is 1. The summed E-state index contributed by atoms with van der Waals surface area (Å²) in [6.07, 6.45) is 1.04. The first-order chi connectivity index (χ1) is 12.9. The highest BCUT2D eigenvalue weighted by Gasteiger charge is 2.30. The Bertz CT molecular complexity index is 954. The summed E-state index contributed by atoms with van der Waals surface area (Å²) in [5.41, 5.74) is 3.58. The van der Waals surface area contributed by atoms with Crippen molar-refractivity contribution in [1.29, 1.82) is 0 Å². The van der Waals surface area contributed by atoms with E-state index >= 15 is 0 Å². The molecule has 1 amide bonds. The summed E-state index contributed by atoms with van der Waals surface area (Å²) < 4.78 is 1.19. The van der Waals surface area contributed by atoms with Gasteiger partial charge in [-0.05, 0) is 31.5 Å². The molecule has 0 radical (unpaired) electrons. The van der Waals surface area contributed by atoms with Gasteiger partial charge >= 0.3 is 0 Å². The number of thiazole rings is 1. The van der Waals surface area contributed by atoms with Crippen LogP contribution in [-0.4, -0.2) is 23.5 Å². The smallest absolute Gasteiger partial charge is 0.227 e. The van der Waals surface area contributed by atoms with Crippen molar-refractivity contribution in [3.05, 3.63) is 34.7 Å². The van der Waals surface area contributed by atoms with Crippen molar-refractivity contribution in [2.24, 2.45) is 5.92 Å². The molecule has 0 saturated carbocycles. The number of benzene rings is 1. The lowest BCUT2D eigenvalue weighted by molar-refractivity contribution is -0.936. The molecule has 0 bridgehead atoms. The zero-order valence-corrected chi connectivity index (χ0v) is 17.9. The molecule has 3 heterocycles. The minimum atomic E-state index is -0.0369. The highest BCUT2D eigenvalue weighted by Crippen LogP contribution is 2.44. The summed E-state index contributed by atoms with van der Waals surface area (Å²) in [5, 5.41) is 5.19. The van der Waals surface area contributed by atoms with Gasteiger partial charge in [0.15, 0.2) is 0 Å². The molecule has 0 fully saturated rings. The molecule has 3 aromatic rings. The maximum Gasteiger partial charge on any atom is 0.227 e. The minimum Gasteiger partial charge on any atom is -0.328 e. The Morgan fingerprint density at radius 2 is 1.96 bits per heavy atom. The fourth-order valence-corrected chi connectivity index (χ4v) is 5.96. The highest BCUT2D eigenvalue weighted by molar-refractivity contribution is 7.22. The van der Waals surface area contributed by atoms with Gasteiger partial charge in [0.05, 0.1) is 27.7 Å². The number of rotatable bonds is 4. The van der Waals surface area contributed by atoms with E-state index in [4.69, 9.17) is 4.98 Å². The molecule has 6 heteroatoms. The van der Waals surface area contributed by atoms with Crippen molar-refractivity contribution in [2.75, 3.05) is 11.9 Å². The van der Waals surface area contributed by atoms with Gasteiger partial charge in [-0.2, -0.15) is 0 Å². The summed E-state index contributed by atoms with van der Waals surface area (Å²) in [6, 6.07) is 8.87. The van der Waals surface area contributed by atoms with Crippen LogP contribution in [0.25, 0.3) is 20.8 Å². The third-order valence-electron chi connectivity index (χ3n) is 5.26. The van der Waals surface area contributed by atoms with Crippen LogP contribution < -0.4 is 10.2 Å². The molecule has 0 saturated heterocycles. The maximum absolute atomic E-state index is 12.4. The van der Waals surface area contributed by atoms with Crippen LogP contribution in [0.2, 0.25) is 0 Å². The van der Waals surface area contributed by atoms with Crippen molar-refractivity contribution in [3.8, 4) is 10.6 Å². The van der Waals surface area contributed by atoms with Crippen molar-refractivity contribution in [2.45, 2.75) is 46.7 Å². The molecule has 1 aliphatic heterocycles. The number of aromatic nitrogens is 1. The lowest BCUT2D eigenvalue weighted by Crippen LogP contribution is -3.14. The molecule has 1 atom stereocenters. The van der Waals surface area contributed by atoms with Gasteiger partial charge in [-0.1, -0.05) is 26.0 Å². The van der Waals surface area contributed by atoms with Crippen molar-refractivity contribution >= 4 is 43.8 Å². The number of carbonyl (C=O) groups excluding carboxylic acids is 1. The third kappa shape index (κ3) is 3.53. The Hall–Kier alpha value is -1.76. The summed E-state index contributed by atoms with van der Waals surface area (Å²) in [6.45, 7) is 10.6. The molecule has 0 aliphatic carbocycles. The third-order valence-corrected chi connectivity index (χ3v) is 7.46. The average molecular weight is 401 g/mol. The van der Waals surface area contributed by atoms with Gasteiger partial charge in [-0.15, -0.1) is 22.7 Å². The summed E-state index contributed by atoms with van der Waals surface area (Å²) in [4.78, 5) is 20.3. The fourth-order valence-electron chi connectivity index (χ4n) is 3.54. The number of hydrogen-bond donors (Lipinski definition) is 2. The lowest BCUT2D eigenvalue weighted by atomic mass is 10.0. The van der Waals surface area contributed by atoms with Crippen LogP contribution >= 0.6 is 22.7 Å². The SMILES string of the molecule is CC(C)C(=O)Nc1sc2c(c1-c1nc3ccccc3s1)CC[NH+](C(C)C)C2. The molecule has 1 unspecified atom stereocenters. The first-order valence-corrected chi connectivity index (χ1v) is 11.2. The quantitative estimate of drug-likeness (QED) is 0.696. The number of para-hydroxylation sites is 1. The van der Waals surface area contributed by atoms with Gasteiger partial charge in [0.25, 0.3) is 0 Å². The predicted molar refractivity (Wildman–Crippen MR) is 115 cm³/mol. The molecule has 2 N–H and O–H groups in total. The largest absolute Gasteiger partial charge is 0.328 e. The van der Waals surface area contributed by atoms with Crippen LogP contribution in [0.4, 0.5) is 5.00 Å². The summed E-state index contributed by atoms with van der Waals surface area (Å²) in [7, 11) is 0. The van der Waals surface area contributed by atoms with Gasteiger partial charge in [0, 0.05) is 17.9 Å². The Labute approximate surface area is 168 Å². The van der Waals surface area contributed by atoms with E-state index in [1.807, 2.05) is 19.9 Å². The van der Waals surface area contributed by atoms with Crippen molar-refractivity contribution < 1.29 is 9.69 Å². The second kappa shape index (κ2) is 7.34. The standard InChI is InChI=1S/C21H25N3OS2/c1-12(2)19(25)23-21-18(20-22-15-7-5-6-8-16(15)26-20)14-9-10-24(13(3)4)11-17(14)27-21/h5-8,12-13H,9-11H2,1-4H3,(H,23,25)/p+1. The Kier molecular flexibility index (Phi) is 5.05. The van der Waals surface area contributed by atoms with E-state index < -0.39 is 0 Å². The second-order valence-corrected chi connectivity index (χ2v) is 9.96. The van der Waals surface area contributed by atoms with E-state index in [9.17, 15) is 4.79 Å². The van der Waals surface area contributed by atoms with Crippen molar-refractivity contribution in [3.63, 3.8) is 0 Å². The number of thiophene rings is 1. The summed E-state index contributed by atoms with van der Waals surface area (Å²) >= 11 is 3.47. The molecular formula is C21H26N3OS2+. The fraction of sp³-hybridized carbons (Fsp3) is 0.429. The number of nitrogens with zero attached hydrogens (tertiary/aromatic N) is 1. The molecule has 2 aromatic heterocycles. The summed E-state index contributed by atoms with van der Waals surface area (Å²) in [5.74, 6) is 0.0363. The van der Waals surface area contributed by atoms with E-state index in [-0.39, 0.29) is 11.8 Å². The van der Waals surface area contributed by atoms with Crippen LogP contribution in [0.15, 0.2) is 24.3 Å². The van der Waals surface area contributed by atoms with Gasteiger partial charge in [0.1, 0.15) is 16.6 Å². The zero-order chi connectivity index (χ0) is 19.1. The number of nitrogens with one attached hydrogen (secondary N) is 2. The Morgan fingerprint density at radius 1 is 1.19 bits per heavy atom.